The second-order valence-corrected chi connectivity index (χ2v) is 8.35. The predicted octanol–water partition coefficient (Wildman–Crippen LogP) is 3.67. The monoisotopic (exact) mass is 450 g/mol. The Morgan fingerprint density at radius 2 is 1.61 bits per heavy atom. The summed E-state index contributed by atoms with van der Waals surface area (Å²) in [4.78, 5) is 2.42. The Morgan fingerprint density at radius 3 is 2.19 bits per heavy atom. The van der Waals surface area contributed by atoms with Crippen molar-refractivity contribution < 1.29 is 19.3 Å². The highest BCUT2D eigenvalue weighted by atomic mass is 35.5. The van der Waals surface area contributed by atoms with Crippen molar-refractivity contribution in [3.05, 3.63) is 53.6 Å². The summed E-state index contributed by atoms with van der Waals surface area (Å²) in [6.45, 7) is 8.36. The molecule has 31 heavy (non-hydrogen) atoms. The molecule has 0 unspecified atom stereocenters. The number of methoxy groups -OCH3 is 2. The summed E-state index contributed by atoms with van der Waals surface area (Å²) in [5.41, 5.74) is 1.73. The SMILES string of the molecule is COc1cc(OCc2ccccc2)c([C@@H](N2CCNCC2)C(C)(C)CO)cc1OC.Cl. The first-order valence-electron chi connectivity index (χ1n) is 10.5. The third kappa shape index (κ3) is 6.04. The van der Waals surface area contributed by atoms with Crippen LogP contribution in [0.1, 0.15) is 31.0 Å². The average Bonchev–Trinajstić information content (AvgIpc) is 2.79. The van der Waals surface area contributed by atoms with Crippen molar-refractivity contribution in [3.8, 4) is 17.2 Å². The molecule has 1 saturated heterocycles. The minimum Gasteiger partial charge on any atom is -0.493 e. The second kappa shape index (κ2) is 11.6. The van der Waals surface area contributed by atoms with Crippen LogP contribution in [0.2, 0.25) is 0 Å². The minimum atomic E-state index is -0.373. The first kappa shape index (κ1) is 25.3. The van der Waals surface area contributed by atoms with Gasteiger partial charge in [0.25, 0.3) is 0 Å². The first-order chi connectivity index (χ1) is 14.5. The summed E-state index contributed by atoms with van der Waals surface area (Å²) in [5.74, 6) is 2.04. The van der Waals surface area contributed by atoms with Gasteiger partial charge in [-0.15, -0.1) is 12.4 Å². The van der Waals surface area contributed by atoms with Gasteiger partial charge >= 0.3 is 0 Å². The fraction of sp³-hybridized carbons (Fsp3) is 0.500. The molecule has 0 aliphatic carbocycles. The van der Waals surface area contributed by atoms with Crippen LogP contribution in [0.15, 0.2) is 42.5 Å². The maximum atomic E-state index is 10.2. The van der Waals surface area contributed by atoms with Crippen LogP contribution in [0.3, 0.4) is 0 Å². The van der Waals surface area contributed by atoms with Crippen LogP contribution in [0, 0.1) is 5.41 Å². The van der Waals surface area contributed by atoms with Gasteiger partial charge in [0.1, 0.15) is 12.4 Å². The Kier molecular flexibility index (Phi) is 9.44. The number of nitrogens with zero attached hydrogens (tertiary/aromatic N) is 1. The van der Waals surface area contributed by atoms with Crippen molar-refractivity contribution in [3.63, 3.8) is 0 Å². The maximum Gasteiger partial charge on any atom is 0.164 e. The summed E-state index contributed by atoms with van der Waals surface area (Å²) in [6, 6.07) is 14.0. The highest BCUT2D eigenvalue weighted by molar-refractivity contribution is 5.85. The summed E-state index contributed by atoms with van der Waals surface area (Å²) >= 11 is 0. The van der Waals surface area contributed by atoms with E-state index in [1.807, 2.05) is 42.5 Å². The molecule has 2 N–H and O–H groups in total. The van der Waals surface area contributed by atoms with E-state index in [2.05, 4.69) is 24.1 Å². The van der Waals surface area contributed by atoms with E-state index in [1.54, 1.807) is 14.2 Å². The van der Waals surface area contributed by atoms with E-state index in [0.29, 0.717) is 18.1 Å². The molecule has 0 radical (unpaired) electrons. The number of hydrogen-bond donors (Lipinski definition) is 2. The van der Waals surface area contributed by atoms with E-state index in [-0.39, 0.29) is 30.5 Å². The normalized spacial score (nSPS) is 15.6. The Morgan fingerprint density at radius 1 is 1.00 bits per heavy atom. The quantitative estimate of drug-likeness (QED) is 0.607. The lowest BCUT2D eigenvalue weighted by atomic mass is 9.79. The number of aliphatic hydroxyl groups excluding tert-OH is 1. The predicted molar refractivity (Wildman–Crippen MR) is 126 cm³/mol. The lowest BCUT2D eigenvalue weighted by Gasteiger charge is -2.44. The van der Waals surface area contributed by atoms with Crippen molar-refractivity contribution in [1.82, 2.24) is 10.2 Å². The number of ether oxygens (including phenoxy) is 3. The minimum absolute atomic E-state index is 0. The zero-order valence-corrected chi connectivity index (χ0v) is 19.7. The molecule has 0 aromatic heterocycles. The Hall–Kier alpha value is -1.99. The van der Waals surface area contributed by atoms with Crippen LogP contribution >= 0.6 is 12.4 Å². The molecule has 0 amide bonds. The van der Waals surface area contributed by atoms with Crippen molar-refractivity contribution >= 4 is 12.4 Å². The Bertz CT molecular complexity index is 811. The number of aliphatic hydroxyl groups is 1. The van der Waals surface area contributed by atoms with Gasteiger partial charge in [-0.2, -0.15) is 0 Å². The summed E-state index contributed by atoms with van der Waals surface area (Å²) in [6.07, 6.45) is 0. The summed E-state index contributed by atoms with van der Waals surface area (Å²) < 4.78 is 17.5. The van der Waals surface area contributed by atoms with E-state index < -0.39 is 0 Å². The van der Waals surface area contributed by atoms with Gasteiger partial charge in [0, 0.05) is 55.9 Å². The number of halogens is 1. The molecule has 1 heterocycles. The Labute approximate surface area is 191 Å². The molecule has 1 atom stereocenters. The van der Waals surface area contributed by atoms with Gasteiger partial charge in [0.05, 0.1) is 14.2 Å². The molecular formula is C24H35ClN2O4. The maximum absolute atomic E-state index is 10.2. The van der Waals surface area contributed by atoms with Gasteiger partial charge in [-0.25, -0.2) is 0 Å². The first-order valence-corrected chi connectivity index (χ1v) is 10.5. The number of rotatable bonds is 9. The van der Waals surface area contributed by atoms with Crippen molar-refractivity contribution in [2.24, 2.45) is 5.41 Å². The fourth-order valence-electron chi connectivity index (χ4n) is 4.09. The molecule has 3 rings (SSSR count). The third-order valence-electron chi connectivity index (χ3n) is 5.71. The second-order valence-electron chi connectivity index (χ2n) is 8.35. The highest BCUT2D eigenvalue weighted by Crippen LogP contribution is 2.46. The molecule has 7 heteroatoms. The van der Waals surface area contributed by atoms with E-state index >= 15 is 0 Å². The highest BCUT2D eigenvalue weighted by Gasteiger charge is 2.38. The molecule has 0 spiro atoms. The van der Waals surface area contributed by atoms with Gasteiger partial charge in [-0.05, 0) is 11.6 Å². The molecule has 2 aromatic rings. The smallest absolute Gasteiger partial charge is 0.164 e. The molecule has 1 aliphatic heterocycles. The van der Waals surface area contributed by atoms with E-state index in [1.165, 1.54) is 0 Å². The molecule has 172 valence electrons. The molecule has 6 nitrogen and oxygen atoms in total. The Balaban J connectivity index is 0.00000341. The van der Waals surface area contributed by atoms with E-state index in [9.17, 15) is 5.11 Å². The molecule has 2 aromatic carbocycles. The van der Waals surface area contributed by atoms with E-state index in [0.717, 1.165) is 43.1 Å². The van der Waals surface area contributed by atoms with Crippen molar-refractivity contribution in [1.29, 1.82) is 0 Å². The van der Waals surface area contributed by atoms with Crippen molar-refractivity contribution in [2.45, 2.75) is 26.5 Å². The molecular weight excluding hydrogens is 416 g/mol. The van der Waals surface area contributed by atoms with Crippen LogP contribution in [0.5, 0.6) is 17.2 Å². The van der Waals surface area contributed by atoms with Crippen LogP contribution < -0.4 is 19.5 Å². The number of piperazine rings is 1. The third-order valence-corrected chi connectivity index (χ3v) is 5.71. The molecule has 1 fully saturated rings. The number of hydrogen-bond acceptors (Lipinski definition) is 6. The van der Waals surface area contributed by atoms with Gasteiger partial charge < -0.3 is 24.6 Å². The molecule has 1 aliphatic rings. The fourth-order valence-corrected chi connectivity index (χ4v) is 4.09. The number of benzene rings is 2. The summed E-state index contributed by atoms with van der Waals surface area (Å²) in [7, 11) is 3.27. The average molecular weight is 451 g/mol. The van der Waals surface area contributed by atoms with Crippen molar-refractivity contribution in [2.75, 3.05) is 47.0 Å². The standard InChI is InChI=1S/C24H34N2O4.ClH/c1-24(2,17-27)23(26-12-10-25-11-13-26)19-14-21(28-3)22(29-4)15-20(19)30-16-18-8-6-5-7-9-18;/h5-9,14-15,23,25,27H,10-13,16-17H2,1-4H3;1H/t23-;/m1./s1. The molecule has 0 bridgehead atoms. The lowest BCUT2D eigenvalue weighted by Crippen LogP contribution is -2.49. The van der Waals surface area contributed by atoms with Crippen LogP contribution in [0.25, 0.3) is 0 Å². The zero-order valence-electron chi connectivity index (χ0n) is 18.9. The van der Waals surface area contributed by atoms with Crippen LogP contribution in [-0.4, -0.2) is 57.0 Å². The van der Waals surface area contributed by atoms with Gasteiger partial charge in [0.2, 0.25) is 0 Å². The zero-order chi connectivity index (χ0) is 21.6. The van der Waals surface area contributed by atoms with Gasteiger partial charge in [-0.3, -0.25) is 4.90 Å². The summed E-state index contributed by atoms with van der Waals surface area (Å²) in [5, 5.41) is 13.7. The van der Waals surface area contributed by atoms with Crippen LogP contribution in [-0.2, 0) is 6.61 Å². The topological polar surface area (TPSA) is 63.2 Å². The van der Waals surface area contributed by atoms with E-state index in [4.69, 9.17) is 14.2 Å². The van der Waals surface area contributed by atoms with Crippen LogP contribution in [0.4, 0.5) is 0 Å². The van der Waals surface area contributed by atoms with Gasteiger partial charge in [0.15, 0.2) is 11.5 Å². The molecule has 0 saturated carbocycles. The van der Waals surface area contributed by atoms with Gasteiger partial charge in [-0.1, -0.05) is 44.2 Å². The number of nitrogens with one attached hydrogen (secondary N) is 1. The largest absolute Gasteiger partial charge is 0.493 e. The lowest BCUT2D eigenvalue weighted by molar-refractivity contribution is 0.0286.